The second kappa shape index (κ2) is 7.38. The monoisotopic (exact) mass is 373 g/mol. The number of nitrogens with one attached hydrogen (secondary N) is 1. The predicted octanol–water partition coefficient (Wildman–Crippen LogP) is 3.47. The summed E-state index contributed by atoms with van der Waals surface area (Å²) in [5.41, 5.74) is 3.80. The summed E-state index contributed by atoms with van der Waals surface area (Å²) >= 11 is 0. The number of phenols is 1. The van der Waals surface area contributed by atoms with Crippen LogP contribution in [0.25, 0.3) is 0 Å². The zero-order valence-electron chi connectivity index (χ0n) is 16.7. The molecular weight excluding hydrogens is 338 g/mol. The zero-order valence-corrected chi connectivity index (χ0v) is 16.7. The highest BCUT2D eigenvalue weighted by atomic mass is 16.3. The van der Waals surface area contributed by atoms with Crippen LogP contribution >= 0.6 is 0 Å². The summed E-state index contributed by atoms with van der Waals surface area (Å²) in [6.45, 7) is 5.08. The van der Waals surface area contributed by atoms with Crippen molar-refractivity contribution in [2.75, 3.05) is 6.61 Å². The van der Waals surface area contributed by atoms with E-state index in [9.17, 15) is 15.3 Å². The number of hydrogen-bond donors (Lipinski definition) is 4. The van der Waals surface area contributed by atoms with Crippen molar-refractivity contribution >= 4 is 0 Å². The minimum atomic E-state index is -0.131. The second-order valence-electron chi connectivity index (χ2n) is 9.40. The Morgan fingerprint density at radius 2 is 2.04 bits per heavy atom. The van der Waals surface area contributed by atoms with E-state index in [0.717, 1.165) is 44.1 Å². The molecule has 4 nitrogen and oxygen atoms in total. The summed E-state index contributed by atoms with van der Waals surface area (Å²) in [5, 5.41) is 33.8. The summed E-state index contributed by atoms with van der Waals surface area (Å²) in [7, 11) is 0. The molecule has 27 heavy (non-hydrogen) atoms. The number of phenolic OH excluding ortho intramolecular Hbond substituents is 1. The Balaban J connectivity index is 1.59. The van der Waals surface area contributed by atoms with Crippen LogP contribution in [-0.2, 0) is 13.0 Å². The van der Waals surface area contributed by atoms with Crippen molar-refractivity contribution in [3.8, 4) is 5.75 Å². The molecule has 0 aliphatic heterocycles. The van der Waals surface area contributed by atoms with Crippen LogP contribution in [0.4, 0.5) is 0 Å². The molecule has 150 valence electrons. The lowest BCUT2D eigenvalue weighted by Crippen LogP contribution is -2.44. The van der Waals surface area contributed by atoms with E-state index in [1.54, 1.807) is 0 Å². The Bertz CT molecular complexity index is 686. The Morgan fingerprint density at radius 1 is 1.22 bits per heavy atom. The molecule has 0 heterocycles. The minimum Gasteiger partial charge on any atom is -0.508 e. The molecule has 2 saturated carbocycles. The normalized spacial score (nSPS) is 36.0. The summed E-state index contributed by atoms with van der Waals surface area (Å²) in [6.07, 6.45) is 7.34. The maximum absolute atomic E-state index is 10.6. The van der Waals surface area contributed by atoms with Gasteiger partial charge in [0.25, 0.3) is 0 Å². The Labute approximate surface area is 163 Å². The van der Waals surface area contributed by atoms with Crippen molar-refractivity contribution in [1.29, 1.82) is 0 Å². The molecule has 2 fully saturated rings. The smallest absolute Gasteiger partial charge is 0.120 e. The fourth-order valence-corrected chi connectivity index (χ4v) is 6.36. The molecule has 0 saturated heterocycles. The summed E-state index contributed by atoms with van der Waals surface area (Å²) < 4.78 is 0. The molecule has 0 spiro atoms. The van der Waals surface area contributed by atoms with Gasteiger partial charge in [0, 0.05) is 18.2 Å². The number of rotatable bonds is 5. The first-order valence-electron chi connectivity index (χ1n) is 10.8. The lowest BCUT2D eigenvalue weighted by molar-refractivity contribution is -0.0226. The third-order valence-corrected chi connectivity index (χ3v) is 8.17. The quantitative estimate of drug-likeness (QED) is 0.638. The van der Waals surface area contributed by atoms with Gasteiger partial charge in [-0.05, 0) is 85.3 Å². The van der Waals surface area contributed by atoms with Crippen LogP contribution in [0.3, 0.4) is 0 Å². The highest BCUT2D eigenvalue weighted by Gasteiger charge is 2.54. The largest absolute Gasteiger partial charge is 0.508 e. The number of aromatic hydroxyl groups is 1. The van der Waals surface area contributed by atoms with Gasteiger partial charge in [-0.15, -0.1) is 0 Å². The molecule has 4 rings (SSSR count). The number of aliphatic hydroxyl groups is 2. The molecule has 1 aromatic carbocycles. The molecule has 0 bridgehead atoms. The number of aliphatic hydroxyl groups excluding tert-OH is 2. The molecule has 3 aliphatic rings. The van der Waals surface area contributed by atoms with Gasteiger partial charge >= 0.3 is 0 Å². The maximum Gasteiger partial charge on any atom is 0.120 e. The van der Waals surface area contributed by atoms with Crippen molar-refractivity contribution in [2.45, 2.75) is 83.4 Å². The molecule has 1 aromatic rings. The number of fused-ring (bicyclic) bond motifs is 5. The first-order chi connectivity index (χ1) is 13.0. The van der Waals surface area contributed by atoms with Crippen molar-refractivity contribution in [2.24, 2.45) is 17.3 Å². The van der Waals surface area contributed by atoms with Crippen molar-refractivity contribution in [3.05, 3.63) is 28.8 Å². The minimum absolute atomic E-state index is 0.0727. The first kappa shape index (κ1) is 19.2. The highest BCUT2D eigenvalue weighted by molar-refractivity contribution is 5.45. The van der Waals surface area contributed by atoms with E-state index in [1.165, 1.54) is 17.5 Å². The van der Waals surface area contributed by atoms with E-state index in [0.29, 0.717) is 30.0 Å². The van der Waals surface area contributed by atoms with Crippen molar-refractivity contribution in [1.82, 2.24) is 5.32 Å². The van der Waals surface area contributed by atoms with E-state index in [2.05, 4.69) is 25.2 Å². The topological polar surface area (TPSA) is 72.7 Å². The molecule has 0 radical (unpaired) electrons. The van der Waals surface area contributed by atoms with Crippen LogP contribution in [0.15, 0.2) is 12.1 Å². The third-order valence-electron chi connectivity index (χ3n) is 8.17. The molecule has 6 atom stereocenters. The third kappa shape index (κ3) is 3.20. The number of benzene rings is 1. The molecule has 4 N–H and O–H groups in total. The molecule has 1 unspecified atom stereocenters. The van der Waals surface area contributed by atoms with E-state index in [4.69, 9.17) is 0 Å². The van der Waals surface area contributed by atoms with Crippen LogP contribution < -0.4 is 5.32 Å². The summed E-state index contributed by atoms with van der Waals surface area (Å²) in [6, 6.07) is 4.29. The fourth-order valence-electron chi connectivity index (χ4n) is 6.36. The van der Waals surface area contributed by atoms with E-state index >= 15 is 0 Å². The maximum atomic E-state index is 10.6. The molecule has 0 aromatic heterocycles. The SMILES string of the molecule is CCC(CO)NCc1cc2c(cc1O)CC[C@@H]1[C@@H]2CC[C@]2(C)[C@@H](O)CC[C@@H]12. The Hall–Kier alpha value is -1.10. The second-order valence-corrected chi connectivity index (χ2v) is 9.40. The van der Waals surface area contributed by atoms with Gasteiger partial charge in [0.05, 0.1) is 12.7 Å². The standard InChI is InChI=1S/C23H35NO3/c1-3-16(13-25)24-12-15-10-19-14(11-21(15)26)4-5-18-17(19)8-9-23(2)20(18)6-7-22(23)27/h10-11,16-18,20,22,24-27H,3-9,12-13H2,1-2H3/t16?,17-,18+,20-,22-,23-/m0/s1. The van der Waals surface area contributed by atoms with Crippen LogP contribution in [0.5, 0.6) is 5.75 Å². The first-order valence-corrected chi connectivity index (χ1v) is 10.8. The Morgan fingerprint density at radius 3 is 2.78 bits per heavy atom. The average Bonchev–Trinajstić information content (AvgIpc) is 2.97. The van der Waals surface area contributed by atoms with Crippen molar-refractivity contribution < 1.29 is 15.3 Å². The predicted molar refractivity (Wildman–Crippen MR) is 107 cm³/mol. The van der Waals surface area contributed by atoms with Crippen molar-refractivity contribution in [3.63, 3.8) is 0 Å². The molecular formula is C23H35NO3. The van der Waals surface area contributed by atoms with Gasteiger partial charge in [0.1, 0.15) is 5.75 Å². The van der Waals surface area contributed by atoms with Gasteiger partial charge in [-0.3, -0.25) is 0 Å². The lowest BCUT2D eigenvalue weighted by atomic mass is 9.55. The molecule has 3 aliphatic carbocycles. The highest BCUT2D eigenvalue weighted by Crippen LogP contribution is 2.61. The summed E-state index contributed by atoms with van der Waals surface area (Å²) in [4.78, 5) is 0. The summed E-state index contributed by atoms with van der Waals surface area (Å²) in [5.74, 6) is 2.24. The van der Waals surface area contributed by atoms with E-state index in [-0.39, 0.29) is 24.2 Å². The van der Waals surface area contributed by atoms with Gasteiger partial charge in [-0.2, -0.15) is 0 Å². The van der Waals surface area contributed by atoms with Gasteiger partial charge in [0.2, 0.25) is 0 Å². The van der Waals surface area contributed by atoms with Crippen LogP contribution in [-0.4, -0.2) is 34.1 Å². The Kier molecular flexibility index (Phi) is 5.26. The average molecular weight is 374 g/mol. The molecule has 4 heteroatoms. The van der Waals surface area contributed by atoms with Crippen LogP contribution in [0.1, 0.15) is 75.0 Å². The van der Waals surface area contributed by atoms with Gasteiger partial charge in [-0.25, -0.2) is 0 Å². The zero-order chi connectivity index (χ0) is 19.2. The van der Waals surface area contributed by atoms with Crippen LogP contribution in [0, 0.1) is 17.3 Å². The van der Waals surface area contributed by atoms with E-state index in [1.807, 2.05) is 6.07 Å². The van der Waals surface area contributed by atoms with Gasteiger partial charge in [-0.1, -0.05) is 19.9 Å². The fraction of sp³-hybridized carbons (Fsp3) is 0.739. The number of hydrogen-bond acceptors (Lipinski definition) is 4. The van der Waals surface area contributed by atoms with Gasteiger partial charge < -0.3 is 20.6 Å². The van der Waals surface area contributed by atoms with Crippen LogP contribution in [0.2, 0.25) is 0 Å². The molecule has 0 amide bonds. The van der Waals surface area contributed by atoms with E-state index < -0.39 is 0 Å². The van der Waals surface area contributed by atoms with Gasteiger partial charge in [0.15, 0.2) is 0 Å². The lowest BCUT2D eigenvalue weighted by Gasteiger charge is -2.50. The number of aryl methyl sites for hydroxylation is 1.